The van der Waals surface area contributed by atoms with Crippen LogP contribution in [0, 0.1) is 27.7 Å². The molecule has 14 aromatic carbocycles. The molecule has 0 saturated heterocycles. The van der Waals surface area contributed by atoms with Gasteiger partial charge in [-0.05, 0) is 69.2 Å². The second-order valence-corrected chi connectivity index (χ2v) is 25.8. The summed E-state index contributed by atoms with van der Waals surface area (Å²) < 4.78 is 0. The number of aryl methyl sites for hydroxylation is 4. The topological polar surface area (TPSA) is 0 Å². The van der Waals surface area contributed by atoms with Crippen LogP contribution in [-0.2, 0) is 65.2 Å². The molecule has 0 fully saturated rings. The van der Waals surface area contributed by atoms with E-state index >= 15 is 0 Å². The van der Waals surface area contributed by atoms with Crippen LogP contribution in [0.5, 0.6) is 0 Å². The summed E-state index contributed by atoms with van der Waals surface area (Å²) in [5.74, 6) is 2.42. The summed E-state index contributed by atoms with van der Waals surface area (Å²) in [5, 5.41) is 16.4. The molecule has 0 saturated carbocycles. The quantitative estimate of drug-likeness (QED) is 0.0946. The molecule has 0 aliphatic rings. The molecule has 0 heterocycles. The van der Waals surface area contributed by atoms with Crippen molar-refractivity contribution in [3.8, 4) is 22.3 Å². The van der Waals surface area contributed by atoms with Gasteiger partial charge in [0.1, 0.15) is 0 Å². The number of hydrogen-bond donors (Lipinski definition) is 0. The van der Waals surface area contributed by atoms with Gasteiger partial charge in [-0.3, -0.25) is 0 Å². The Bertz CT molecular complexity index is 4330. The van der Waals surface area contributed by atoms with Crippen molar-refractivity contribution in [1.82, 2.24) is 0 Å². The van der Waals surface area contributed by atoms with E-state index in [0.29, 0.717) is 23.7 Å². The normalized spacial score (nSPS) is 10.5. The maximum Gasteiger partial charge on any atom is 4.00 e. The zero-order valence-electron chi connectivity index (χ0n) is 59.8. The molecule has 0 amide bonds. The van der Waals surface area contributed by atoms with Gasteiger partial charge in [-0.25, -0.2) is 0 Å². The first-order chi connectivity index (χ1) is 45.6. The van der Waals surface area contributed by atoms with Gasteiger partial charge >= 0.3 is 52.4 Å². The second-order valence-electron chi connectivity index (χ2n) is 25.1. The van der Waals surface area contributed by atoms with Crippen LogP contribution < -0.4 is 0 Å². The summed E-state index contributed by atoms with van der Waals surface area (Å²) in [4.78, 5) is 0. The Hall–Kier alpha value is -6.90. The van der Waals surface area contributed by atoms with E-state index in [9.17, 15) is 0 Å². The minimum atomic E-state index is 0. The molecular formula is C92H100Si2Zr2. The van der Waals surface area contributed by atoms with Crippen LogP contribution in [0.4, 0.5) is 0 Å². The molecule has 0 aromatic heterocycles. The van der Waals surface area contributed by atoms with Crippen molar-refractivity contribution in [3.63, 3.8) is 0 Å². The molecule has 0 nitrogen and oxygen atoms in total. The van der Waals surface area contributed by atoms with E-state index in [-0.39, 0.29) is 52.4 Å². The average Bonchev–Trinajstić information content (AvgIpc) is 1.49. The Balaban J connectivity index is 0.000000211. The number of hydrogen-bond acceptors (Lipinski definition) is 0. The van der Waals surface area contributed by atoms with Crippen LogP contribution in [0.2, 0.25) is 0 Å². The summed E-state index contributed by atoms with van der Waals surface area (Å²) in [6, 6.07) is 91.7. The SMILES string of the molecule is CCc1cc2c(C(C)C)cc(C(C)C)cc2[cH-]1.CCc1cc2c(C(C)C)cc(C(C)C)cc2[cH-]1.Cc1cc2c(-c3cccc4ccccc34)cccc2[cH-]1.Cc1cc2c(-c3cccc4ccccc34)cccc2[cH-]1.[CH2-]C.[CH2-]C.[SiH2]=[C-]c1ccccc1.[SiH2]=[C-]c1ccccc1.[Zr+4].[Zr+4]. The van der Waals surface area contributed by atoms with Crippen molar-refractivity contribution < 1.29 is 52.4 Å². The summed E-state index contributed by atoms with van der Waals surface area (Å²) in [6.45, 7) is 37.0. The van der Waals surface area contributed by atoms with Gasteiger partial charge in [0.15, 0.2) is 0 Å². The van der Waals surface area contributed by atoms with Crippen LogP contribution in [0.1, 0.15) is 162 Å². The first-order valence-electron chi connectivity index (χ1n) is 33.9. The van der Waals surface area contributed by atoms with Gasteiger partial charge in [-0.15, -0.1) is 150 Å². The molecule has 0 bridgehead atoms. The van der Waals surface area contributed by atoms with E-state index in [1.165, 1.54) is 143 Å². The van der Waals surface area contributed by atoms with Gasteiger partial charge < -0.3 is 13.8 Å². The smallest absolute Gasteiger partial charge is 0.346 e. The minimum absolute atomic E-state index is 0. The van der Waals surface area contributed by atoms with Gasteiger partial charge in [-0.1, -0.05) is 258 Å². The average molecular weight is 1440 g/mol. The third kappa shape index (κ3) is 21.1. The van der Waals surface area contributed by atoms with Crippen molar-refractivity contribution in [2.45, 2.75) is 133 Å². The van der Waals surface area contributed by atoms with Gasteiger partial charge in [0.2, 0.25) is 0 Å². The van der Waals surface area contributed by atoms with Crippen LogP contribution in [-0.4, -0.2) is 31.1 Å². The van der Waals surface area contributed by atoms with Gasteiger partial charge in [0.25, 0.3) is 0 Å². The Labute approximate surface area is 622 Å². The van der Waals surface area contributed by atoms with E-state index < -0.39 is 0 Å². The molecule has 0 unspecified atom stereocenters. The van der Waals surface area contributed by atoms with Gasteiger partial charge in [-0.2, -0.15) is 84.8 Å². The Kier molecular flexibility index (Phi) is 33.3. The van der Waals surface area contributed by atoms with E-state index in [4.69, 9.17) is 0 Å². The fourth-order valence-corrected chi connectivity index (χ4v) is 12.6. The third-order valence-electron chi connectivity index (χ3n) is 17.2. The van der Waals surface area contributed by atoms with E-state index in [1.807, 2.05) is 60.7 Å². The van der Waals surface area contributed by atoms with Gasteiger partial charge in [0, 0.05) is 0 Å². The van der Waals surface area contributed by atoms with Crippen molar-refractivity contribution in [1.29, 1.82) is 0 Å². The number of benzene rings is 10. The summed E-state index contributed by atoms with van der Waals surface area (Å²) in [7, 11) is 3.47. The first-order valence-corrected chi connectivity index (χ1v) is 35.3. The number of fused-ring (bicyclic) bond motifs is 6. The van der Waals surface area contributed by atoms with E-state index in [0.717, 1.165) is 12.8 Å². The fraction of sp³-hybridized carbons (Fsp3) is 0.217. The molecule has 96 heavy (non-hydrogen) atoms. The third-order valence-corrected chi connectivity index (χ3v) is 18.0. The second kappa shape index (κ2) is 40.1. The molecule has 0 atom stereocenters. The van der Waals surface area contributed by atoms with Crippen molar-refractivity contribution in [2.24, 2.45) is 0 Å². The molecule has 14 rings (SSSR count). The molecule has 484 valence electrons. The maximum absolute atomic E-state index is 3.25. The van der Waals surface area contributed by atoms with Crippen LogP contribution >= 0.6 is 0 Å². The van der Waals surface area contributed by atoms with Crippen LogP contribution in [0.15, 0.2) is 255 Å². The van der Waals surface area contributed by atoms with Crippen LogP contribution in [0.25, 0.3) is 86.9 Å². The van der Waals surface area contributed by atoms with Crippen molar-refractivity contribution in [3.05, 3.63) is 324 Å². The summed E-state index contributed by atoms with van der Waals surface area (Å²) in [5.41, 5.74) is 25.3. The summed E-state index contributed by atoms with van der Waals surface area (Å²) >= 11 is 0. The molecule has 0 N–H and O–H groups in total. The molecule has 4 heteroatoms. The Morgan fingerprint density at radius 1 is 0.323 bits per heavy atom. The van der Waals surface area contributed by atoms with Crippen molar-refractivity contribution in [2.75, 3.05) is 0 Å². The molecule has 0 spiro atoms. The summed E-state index contributed by atoms with van der Waals surface area (Å²) in [6.07, 6.45) is 2.26. The Morgan fingerprint density at radius 2 is 0.635 bits per heavy atom. The number of rotatable bonds is 10. The predicted octanol–water partition coefficient (Wildman–Crippen LogP) is 24.5. The molecule has 0 radical (unpaired) electrons. The molecule has 0 aliphatic heterocycles. The largest absolute Gasteiger partial charge is 4.00 e. The standard InChI is InChI=1S/2C20H15.2C17H23.2C7H7Si.2C2H5.2Zr/c2*1-14-12-16-8-5-11-19(20(16)13-14)18-10-4-7-15-6-2-3-9-17(15)18;2*1-6-13-7-15-9-14(11(2)3)10-16(12(4)5)17(15)8-13;2*8-6-7-4-2-1-3-5-7;2*1-2;;/h2*2-13H,1H3;2*7-12H,6H2,1-5H3;2*1-5H,8H2;2*1H2,2H3;;/q8*-1;2*+4. The monoisotopic (exact) mass is 1440 g/mol. The minimum Gasteiger partial charge on any atom is -0.346 e. The zero-order valence-corrected chi connectivity index (χ0v) is 67.5. The molecular weight excluding hydrogens is 1340 g/mol. The van der Waals surface area contributed by atoms with Crippen LogP contribution in [0.3, 0.4) is 0 Å². The molecule has 0 aliphatic carbocycles. The zero-order chi connectivity index (χ0) is 67.8. The van der Waals surface area contributed by atoms with Crippen molar-refractivity contribution >= 4 is 95.7 Å². The van der Waals surface area contributed by atoms with E-state index in [2.05, 4.69) is 302 Å². The first kappa shape index (κ1) is 79.8. The van der Waals surface area contributed by atoms with E-state index in [1.54, 1.807) is 33.6 Å². The Morgan fingerprint density at radius 3 is 0.948 bits per heavy atom. The maximum atomic E-state index is 3.25. The van der Waals surface area contributed by atoms with Gasteiger partial charge in [0.05, 0.1) is 0 Å². The molecule has 14 aromatic rings. The predicted molar refractivity (Wildman–Crippen MR) is 429 cm³/mol. The fourth-order valence-electron chi connectivity index (χ4n) is 12.2.